The summed E-state index contributed by atoms with van der Waals surface area (Å²) in [4.78, 5) is 28.7. The van der Waals surface area contributed by atoms with E-state index in [1.807, 2.05) is 17.0 Å². The second-order valence-corrected chi connectivity index (χ2v) is 11.6. The van der Waals surface area contributed by atoms with Crippen LogP contribution in [0.25, 0.3) is 0 Å². The SMILES string of the molecule is O=C(NCc1ccc(Cl)cc1)C1C(=O)N(Cc2ccc(F)cc2)C1C12CC3CC(CC(C3)C1)C2. The number of carbonyl (C=O) groups is 2. The van der Waals surface area contributed by atoms with Crippen molar-refractivity contribution in [1.29, 1.82) is 0 Å². The molecule has 1 N–H and O–H groups in total. The van der Waals surface area contributed by atoms with Gasteiger partial charge >= 0.3 is 0 Å². The molecular formula is C28H30ClFN2O2. The van der Waals surface area contributed by atoms with Gasteiger partial charge in [0, 0.05) is 18.1 Å². The Balaban J connectivity index is 1.25. The molecule has 2 amide bonds. The van der Waals surface area contributed by atoms with Gasteiger partial charge in [0.05, 0.1) is 6.04 Å². The molecule has 7 rings (SSSR count). The fourth-order valence-corrected chi connectivity index (χ4v) is 8.02. The molecule has 6 heteroatoms. The second kappa shape index (κ2) is 8.37. The highest BCUT2D eigenvalue weighted by atomic mass is 35.5. The van der Waals surface area contributed by atoms with Gasteiger partial charge in [-0.15, -0.1) is 0 Å². The number of hydrogen-bond donors (Lipinski definition) is 1. The Labute approximate surface area is 204 Å². The Kier molecular flexibility index (Phi) is 5.44. The van der Waals surface area contributed by atoms with Gasteiger partial charge in [0.15, 0.2) is 0 Å². The molecule has 2 atom stereocenters. The number of nitrogens with one attached hydrogen (secondary N) is 1. The molecule has 2 aromatic rings. The monoisotopic (exact) mass is 480 g/mol. The van der Waals surface area contributed by atoms with Crippen molar-refractivity contribution >= 4 is 23.4 Å². The number of rotatable bonds is 6. The van der Waals surface area contributed by atoms with Gasteiger partial charge in [-0.2, -0.15) is 0 Å². The van der Waals surface area contributed by atoms with Crippen LogP contribution < -0.4 is 5.32 Å². The van der Waals surface area contributed by atoms with E-state index in [1.165, 1.54) is 31.4 Å². The molecule has 178 valence electrons. The molecule has 2 aromatic carbocycles. The molecule has 4 saturated carbocycles. The van der Waals surface area contributed by atoms with Gasteiger partial charge in [-0.25, -0.2) is 4.39 Å². The molecule has 4 bridgehead atoms. The zero-order valence-electron chi connectivity index (χ0n) is 19.2. The minimum absolute atomic E-state index is 0.0327. The molecule has 1 heterocycles. The van der Waals surface area contributed by atoms with E-state index in [9.17, 15) is 14.0 Å². The number of benzene rings is 2. The molecule has 5 aliphatic rings. The van der Waals surface area contributed by atoms with Crippen LogP contribution in [0, 0.1) is 34.9 Å². The molecule has 34 heavy (non-hydrogen) atoms. The fourth-order valence-electron chi connectivity index (χ4n) is 7.89. The minimum Gasteiger partial charge on any atom is -0.351 e. The van der Waals surface area contributed by atoms with E-state index < -0.39 is 5.92 Å². The van der Waals surface area contributed by atoms with Crippen molar-refractivity contribution in [2.24, 2.45) is 29.1 Å². The van der Waals surface area contributed by atoms with Crippen molar-refractivity contribution in [2.75, 3.05) is 0 Å². The molecule has 1 saturated heterocycles. The first kappa shape index (κ1) is 22.1. The van der Waals surface area contributed by atoms with Crippen LogP contribution in [0.3, 0.4) is 0 Å². The zero-order chi connectivity index (χ0) is 23.4. The Morgan fingerprint density at radius 2 is 1.50 bits per heavy atom. The maximum atomic E-state index is 13.5. The molecule has 0 spiro atoms. The summed E-state index contributed by atoms with van der Waals surface area (Å²) >= 11 is 5.98. The second-order valence-electron chi connectivity index (χ2n) is 11.1. The molecule has 4 aliphatic carbocycles. The summed E-state index contributed by atoms with van der Waals surface area (Å²) in [7, 11) is 0. The average molecular weight is 481 g/mol. The van der Waals surface area contributed by atoms with E-state index in [1.54, 1.807) is 24.3 Å². The lowest BCUT2D eigenvalue weighted by Crippen LogP contribution is -2.72. The number of carbonyl (C=O) groups excluding carboxylic acids is 2. The van der Waals surface area contributed by atoms with Gasteiger partial charge in [0.1, 0.15) is 11.7 Å². The van der Waals surface area contributed by atoms with Crippen molar-refractivity contribution < 1.29 is 14.0 Å². The summed E-state index contributed by atoms with van der Waals surface area (Å²) in [6.07, 6.45) is 7.30. The van der Waals surface area contributed by atoms with Crippen LogP contribution in [0.1, 0.15) is 49.7 Å². The summed E-state index contributed by atoms with van der Waals surface area (Å²) in [6, 6.07) is 13.7. The number of hydrogen-bond acceptors (Lipinski definition) is 2. The number of nitrogens with zero attached hydrogens (tertiary/aromatic N) is 1. The van der Waals surface area contributed by atoms with Crippen LogP contribution in [0.2, 0.25) is 5.02 Å². The highest BCUT2D eigenvalue weighted by Gasteiger charge is 2.64. The molecule has 0 radical (unpaired) electrons. The number of likely N-dealkylation sites (tertiary alicyclic amines) is 1. The summed E-state index contributed by atoms with van der Waals surface area (Å²) in [5.41, 5.74) is 1.90. The standard InChI is InChI=1S/C28H30ClFN2O2/c29-22-5-1-17(2-6-22)15-31-26(33)24-25(28-12-19-9-20(13-28)11-21(10-19)14-28)32(27(24)34)16-18-3-7-23(30)8-4-18/h1-8,19-21,24-25H,9-16H2,(H,31,33). The van der Waals surface area contributed by atoms with Gasteiger partial charge in [0.25, 0.3) is 0 Å². The van der Waals surface area contributed by atoms with Gasteiger partial charge in [0.2, 0.25) is 11.8 Å². The third-order valence-electron chi connectivity index (χ3n) is 8.84. The topological polar surface area (TPSA) is 49.4 Å². The van der Waals surface area contributed by atoms with Crippen LogP contribution in [0.4, 0.5) is 4.39 Å². The minimum atomic E-state index is -0.635. The molecular weight excluding hydrogens is 451 g/mol. The van der Waals surface area contributed by atoms with Gasteiger partial charge in [-0.1, -0.05) is 35.9 Å². The molecule has 5 fully saturated rings. The summed E-state index contributed by atoms with van der Waals surface area (Å²) < 4.78 is 13.5. The Hall–Kier alpha value is -2.40. The van der Waals surface area contributed by atoms with Crippen LogP contribution in [0.15, 0.2) is 48.5 Å². The van der Waals surface area contributed by atoms with Gasteiger partial charge in [-0.05, 0) is 97.1 Å². The maximum Gasteiger partial charge on any atom is 0.237 e. The first-order valence-corrected chi connectivity index (χ1v) is 12.8. The predicted octanol–water partition coefficient (Wildman–Crippen LogP) is 5.34. The Morgan fingerprint density at radius 1 is 0.941 bits per heavy atom. The maximum absolute atomic E-state index is 13.5. The predicted molar refractivity (Wildman–Crippen MR) is 128 cm³/mol. The van der Waals surface area contributed by atoms with Crippen LogP contribution >= 0.6 is 11.6 Å². The van der Waals surface area contributed by atoms with Crippen molar-refractivity contribution in [3.8, 4) is 0 Å². The largest absolute Gasteiger partial charge is 0.351 e. The van der Waals surface area contributed by atoms with E-state index in [-0.39, 0.29) is 29.1 Å². The first-order chi connectivity index (χ1) is 16.4. The first-order valence-electron chi connectivity index (χ1n) is 12.5. The summed E-state index contributed by atoms with van der Waals surface area (Å²) in [5.74, 6) is 1.00. The van der Waals surface area contributed by atoms with Gasteiger partial charge < -0.3 is 10.2 Å². The number of amides is 2. The van der Waals surface area contributed by atoms with Gasteiger partial charge in [-0.3, -0.25) is 9.59 Å². The lowest BCUT2D eigenvalue weighted by molar-refractivity contribution is -0.189. The van der Waals surface area contributed by atoms with Crippen LogP contribution in [-0.4, -0.2) is 22.8 Å². The zero-order valence-corrected chi connectivity index (χ0v) is 19.9. The van der Waals surface area contributed by atoms with E-state index in [0.717, 1.165) is 48.1 Å². The van der Waals surface area contributed by atoms with E-state index in [4.69, 9.17) is 11.6 Å². The highest BCUT2D eigenvalue weighted by molar-refractivity contribution is 6.30. The highest BCUT2D eigenvalue weighted by Crippen LogP contribution is 2.64. The third kappa shape index (κ3) is 3.82. The number of β-lactam (4-membered cyclic amide) rings is 1. The number of halogens is 2. The Morgan fingerprint density at radius 3 is 2.09 bits per heavy atom. The van der Waals surface area contributed by atoms with Crippen LogP contribution in [-0.2, 0) is 22.7 Å². The van der Waals surface area contributed by atoms with E-state index >= 15 is 0 Å². The molecule has 4 nitrogen and oxygen atoms in total. The summed E-state index contributed by atoms with van der Waals surface area (Å²) in [5, 5.41) is 3.68. The molecule has 2 unspecified atom stereocenters. The van der Waals surface area contributed by atoms with E-state index in [2.05, 4.69) is 5.32 Å². The average Bonchev–Trinajstić information content (AvgIpc) is 2.80. The smallest absolute Gasteiger partial charge is 0.237 e. The van der Waals surface area contributed by atoms with E-state index in [0.29, 0.717) is 18.1 Å². The summed E-state index contributed by atoms with van der Waals surface area (Å²) in [6.45, 7) is 0.817. The Bertz CT molecular complexity index is 1060. The molecule has 0 aromatic heterocycles. The lowest BCUT2D eigenvalue weighted by atomic mass is 9.45. The normalized spacial score (nSPS) is 33.6. The lowest BCUT2D eigenvalue weighted by Gasteiger charge is -2.65. The van der Waals surface area contributed by atoms with Crippen LogP contribution in [0.5, 0.6) is 0 Å². The fraction of sp³-hybridized carbons (Fsp3) is 0.500. The van der Waals surface area contributed by atoms with Crippen molar-refractivity contribution in [3.63, 3.8) is 0 Å². The quantitative estimate of drug-likeness (QED) is 0.448. The van der Waals surface area contributed by atoms with Crippen molar-refractivity contribution in [2.45, 2.75) is 57.7 Å². The van der Waals surface area contributed by atoms with Crippen molar-refractivity contribution in [3.05, 3.63) is 70.5 Å². The van der Waals surface area contributed by atoms with Crippen molar-refractivity contribution in [1.82, 2.24) is 10.2 Å². The molecule has 1 aliphatic heterocycles. The third-order valence-corrected chi connectivity index (χ3v) is 9.09.